The number of para-hydroxylation sites is 1. The molecule has 0 radical (unpaired) electrons. The summed E-state index contributed by atoms with van der Waals surface area (Å²) in [5.74, 6) is -0.205. The Labute approximate surface area is 183 Å². The second-order valence-electron chi connectivity index (χ2n) is 7.26. The zero-order valence-electron chi connectivity index (χ0n) is 17.6. The molecule has 3 aromatic rings. The number of thiocarbonyl (C=S) groups is 1. The summed E-state index contributed by atoms with van der Waals surface area (Å²) in [5, 5.41) is 4.10. The Balaban J connectivity index is 1.78. The van der Waals surface area contributed by atoms with E-state index < -0.39 is 0 Å². The second kappa shape index (κ2) is 10.9. The minimum Gasteiger partial charge on any atom is -0.345 e. The molecule has 2 aromatic carbocycles. The van der Waals surface area contributed by atoms with Gasteiger partial charge >= 0.3 is 0 Å². The van der Waals surface area contributed by atoms with Gasteiger partial charge in [0, 0.05) is 43.3 Å². The zero-order valence-corrected chi connectivity index (χ0v) is 18.5. The molecule has 0 saturated heterocycles. The first-order chi connectivity index (χ1) is 14.6. The Kier molecular flexibility index (Phi) is 7.97. The van der Waals surface area contributed by atoms with Crippen LogP contribution >= 0.6 is 12.2 Å². The van der Waals surface area contributed by atoms with Crippen LogP contribution in [0.5, 0.6) is 0 Å². The Morgan fingerprint density at radius 3 is 2.40 bits per heavy atom. The lowest BCUT2D eigenvalue weighted by Crippen LogP contribution is -2.36. The van der Waals surface area contributed by atoms with Gasteiger partial charge in [-0.3, -0.25) is 0 Å². The summed E-state index contributed by atoms with van der Waals surface area (Å²) in [6.45, 7) is 6.27. The number of anilines is 1. The summed E-state index contributed by atoms with van der Waals surface area (Å²) in [5.41, 5.74) is 4.20. The molecular formula is C24H29FN4S. The maximum absolute atomic E-state index is 14.3. The Hall–Kier alpha value is -2.73. The highest BCUT2D eigenvalue weighted by Gasteiger charge is 2.15. The molecule has 0 atom stereocenters. The molecule has 0 aliphatic carbocycles. The molecular weight excluding hydrogens is 395 g/mol. The summed E-state index contributed by atoms with van der Waals surface area (Å²) >= 11 is 5.80. The van der Waals surface area contributed by atoms with Gasteiger partial charge in [-0.2, -0.15) is 0 Å². The Morgan fingerprint density at radius 2 is 1.77 bits per heavy atom. The van der Waals surface area contributed by atoms with Gasteiger partial charge in [-0.25, -0.2) is 9.37 Å². The van der Waals surface area contributed by atoms with Gasteiger partial charge in [0.05, 0.1) is 6.33 Å². The molecule has 0 saturated carbocycles. The zero-order chi connectivity index (χ0) is 21.3. The smallest absolute Gasteiger partial charge is 0.173 e. The number of benzene rings is 2. The van der Waals surface area contributed by atoms with Crippen molar-refractivity contribution in [1.82, 2.24) is 14.5 Å². The summed E-state index contributed by atoms with van der Waals surface area (Å²) < 4.78 is 16.4. The first-order valence-electron chi connectivity index (χ1n) is 10.5. The highest BCUT2D eigenvalue weighted by molar-refractivity contribution is 7.80. The maximum Gasteiger partial charge on any atom is 0.173 e. The van der Waals surface area contributed by atoms with Crippen molar-refractivity contribution in [2.45, 2.75) is 46.2 Å². The van der Waals surface area contributed by atoms with Crippen molar-refractivity contribution in [3.05, 3.63) is 83.7 Å². The number of halogens is 1. The molecule has 4 nitrogen and oxygen atoms in total. The molecule has 0 spiro atoms. The monoisotopic (exact) mass is 424 g/mol. The predicted molar refractivity (Wildman–Crippen MR) is 125 cm³/mol. The van der Waals surface area contributed by atoms with Crippen molar-refractivity contribution in [1.29, 1.82) is 0 Å². The maximum atomic E-state index is 14.3. The van der Waals surface area contributed by atoms with Gasteiger partial charge in [0.25, 0.3) is 0 Å². The third kappa shape index (κ3) is 5.66. The lowest BCUT2D eigenvalue weighted by Gasteiger charge is -2.28. The quantitative estimate of drug-likeness (QED) is 0.464. The standard InChI is InChI=1S/C24H29FN4S/c1-3-19-10-7-11-20(4-2)23(19)27-24(30)29(15-8-14-28-16-13-26-18-28)17-21-9-5-6-12-22(21)25/h5-7,9-13,16,18H,3-4,8,14-15,17H2,1-2H3,(H,27,30). The minimum absolute atomic E-state index is 0.205. The van der Waals surface area contributed by atoms with Gasteiger partial charge in [0.2, 0.25) is 0 Å². The first-order valence-corrected chi connectivity index (χ1v) is 10.9. The van der Waals surface area contributed by atoms with Crippen LogP contribution in [0.2, 0.25) is 0 Å². The van der Waals surface area contributed by atoms with Crippen LogP contribution in [-0.2, 0) is 25.9 Å². The van der Waals surface area contributed by atoms with Crippen molar-refractivity contribution < 1.29 is 4.39 Å². The highest BCUT2D eigenvalue weighted by atomic mass is 32.1. The molecule has 3 rings (SSSR count). The van der Waals surface area contributed by atoms with E-state index in [0.29, 0.717) is 23.8 Å². The highest BCUT2D eigenvalue weighted by Crippen LogP contribution is 2.23. The average Bonchev–Trinajstić information content (AvgIpc) is 3.28. The van der Waals surface area contributed by atoms with Gasteiger partial charge in [-0.05, 0) is 48.7 Å². The van der Waals surface area contributed by atoms with E-state index in [2.05, 4.69) is 47.2 Å². The number of aromatic nitrogens is 2. The fraction of sp³-hybridized carbons (Fsp3) is 0.333. The van der Waals surface area contributed by atoms with Crippen LogP contribution in [-0.4, -0.2) is 26.1 Å². The van der Waals surface area contributed by atoms with Crippen molar-refractivity contribution in [2.24, 2.45) is 0 Å². The van der Waals surface area contributed by atoms with E-state index in [1.807, 2.05) is 29.2 Å². The number of hydrogen-bond donors (Lipinski definition) is 1. The molecule has 0 amide bonds. The third-order valence-electron chi connectivity index (χ3n) is 5.24. The summed E-state index contributed by atoms with van der Waals surface area (Å²) in [6.07, 6.45) is 8.25. The van der Waals surface area contributed by atoms with Crippen molar-refractivity contribution in [3.63, 3.8) is 0 Å². The fourth-order valence-electron chi connectivity index (χ4n) is 3.54. The molecule has 0 bridgehead atoms. The molecule has 0 aliphatic rings. The van der Waals surface area contributed by atoms with Crippen LogP contribution in [0.3, 0.4) is 0 Å². The fourth-order valence-corrected chi connectivity index (χ4v) is 3.79. The number of aryl methyl sites for hydroxylation is 3. The van der Waals surface area contributed by atoms with E-state index in [9.17, 15) is 4.39 Å². The van der Waals surface area contributed by atoms with Gasteiger partial charge in [0.15, 0.2) is 5.11 Å². The van der Waals surface area contributed by atoms with Crippen LogP contribution in [0.1, 0.15) is 37.0 Å². The van der Waals surface area contributed by atoms with Crippen LogP contribution in [0.25, 0.3) is 0 Å². The second-order valence-corrected chi connectivity index (χ2v) is 7.64. The minimum atomic E-state index is -0.205. The van der Waals surface area contributed by atoms with E-state index in [1.54, 1.807) is 12.3 Å². The van der Waals surface area contributed by atoms with Crippen LogP contribution < -0.4 is 5.32 Å². The SMILES string of the molecule is CCc1cccc(CC)c1NC(=S)N(CCCn1ccnc1)Cc1ccccc1F. The van der Waals surface area contributed by atoms with Crippen molar-refractivity contribution in [3.8, 4) is 0 Å². The van der Waals surface area contributed by atoms with Crippen molar-refractivity contribution in [2.75, 3.05) is 11.9 Å². The molecule has 1 N–H and O–H groups in total. The summed E-state index contributed by atoms with van der Waals surface area (Å²) in [6, 6.07) is 13.2. The van der Waals surface area contributed by atoms with E-state index in [4.69, 9.17) is 12.2 Å². The number of hydrogen-bond acceptors (Lipinski definition) is 2. The molecule has 30 heavy (non-hydrogen) atoms. The predicted octanol–water partition coefficient (Wildman–Crippen LogP) is 5.44. The summed E-state index contributed by atoms with van der Waals surface area (Å²) in [4.78, 5) is 6.14. The number of nitrogens with zero attached hydrogens (tertiary/aromatic N) is 3. The van der Waals surface area contributed by atoms with Crippen molar-refractivity contribution >= 4 is 23.0 Å². The molecule has 1 heterocycles. The largest absolute Gasteiger partial charge is 0.345 e. The summed E-state index contributed by atoms with van der Waals surface area (Å²) in [7, 11) is 0. The number of nitrogens with one attached hydrogen (secondary N) is 1. The Morgan fingerprint density at radius 1 is 1.07 bits per heavy atom. The lowest BCUT2D eigenvalue weighted by atomic mass is 10.0. The third-order valence-corrected chi connectivity index (χ3v) is 5.60. The van der Waals surface area contributed by atoms with Crippen LogP contribution in [0.15, 0.2) is 61.2 Å². The average molecular weight is 425 g/mol. The van der Waals surface area contributed by atoms with E-state index in [0.717, 1.165) is 31.5 Å². The lowest BCUT2D eigenvalue weighted by molar-refractivity contribution is 0.388. The first kappa shape index (κ1) is 22.0. The Bertz CT molecular complexity index is 933. The number of imidazole rings is 1. The van der Waals surface area contributed by atoms with Gasteiger partial charge in [0.1, 0.15) is 5.82 Å². The molecule has 0 aliphatic heterocycles. The van der Waals surface area contributed by atoms with Crippen LogP contribution in [0.4, 0.5) is 10.1 Å². The normalized spacial score (nSPS) is 10.8. The van der Waals surface area contributed by atoms with Gasteiger partial charge in [-0.1, -0.05) is 50.2 Å². The van der Waals surface area contributed by atoms with Gasteiger partial charge < -0.3 is 14.8 Å². The molecule has 0 unspecified atom stereocenters. The molecule has 6 heteroatoms. The van der Waals surface area contributed by atoms with Crippen LogP contribution in [0, 0.1) is 5.82 Å². The molecule has 0 fully saturated rings. The van der Waals surface area contributed by atoms with E-state index in [-0.39, 0.29) is 5.82 Å². The van der Waals surface area contributed by atoms with Gasteiger partial charge in [-0.15, -0.1) is 0 Å². The number of rotatable bonds is 9. The molecule has 1 aromatic heterocycles. The topological polar surface area (TPSA) is 33.1 Å². The van der Waals surface area contributed by atoms with E-state index in [1.165, 1.54) is 17.2 Å². The van der Waals surface area contributed by atoms with E-state index >= 15 is 0 Å². The molecule has 158 valence electrons.